The summed E-state index contributed by atoms with van der Waals surface area (Å²) < 4.78 is 5.37. The highest BCUT2D eigenvalue weighted by atomic mass is 35.5. The quantitative estimate of drug-likeness (QED) is 0.781. The lowest BCUT2D eigenvalue weighted by atomic mass is 9.93. The highest BCUT2D eigenvalue weighted by Crippen LogP contribution is 2.18. The van der Waals surface area contributed by atoms with E-state index in [9.17, 15) is 0 Å². The number of rotatable bonds is 6. The van der Waals surface area contributed by atoms with Crippen molar-refractivity contribution in [2.75, 3.05) is 39.9 Å². The Morgan fingerprint density at radius 3 is 2.62 bits per heavy atom. The highest BCUT2D eigenvalue weighted by molar-refractivity contribution is 5.85. The number of hydrogen-bond donors (Lipinski definition) is 1. The van der Waals surface area contributed by atoms with E-state index in [1.54, 1.807) is 0 Å². The molecule has 1 aliphatic heterocycles. The molecule has 1 rings (SSSR count). The third-order valence-electron chi connectivity index (χ3n) is 3.19. The molecule has 4 heteroatoms. The SMILES string of the molecule is CN(CCC1CCOC1)CC(C)(C)CN.Cl. The van der Waals surface area contributed by atoms with Crippen LogP contribution in [0.3, 0.4) is 0 Å². The normalized spacial score (nSPS) is 21.2. The largest absolute Gasteiger partial charge is 0.381 e. The van der Waals surface area contributed by atoms with E-state index >= 15 is 0 Å². The smallest absolute Gasteiger partial charge is 0.0495 e. The molecule has 0 spiro atoms. The van der Waals surface area contributed by atoms with E-state index in [-0.39, 0.29) is 17.8 Å². The van der Waals surface area contributed by atoms with Crippen molar-refractivity contribution in [3.63, 3.8) is 0 Å². The van der Waals surface area contributed by atoms with E-state index in [4.69, 9.17) is 10.5 Å². The van der Waals surface area contributed by atoms with Gasteiger partial charge in [0.2, 0.25) is 0 Å². The molecule has 1 heterocycles. The van der Waals surface area contributed by atoms with Gasteiger partial charge in [0.1, 0.15) is 0 Å². The van der Waals surface area contributed by atoms with Crippen LogP contribution in [0.5, 0.6) is 0 Å². The van der Waals surface area contributed by atoms with Gasteiger partial charge in [-0.25, -0.2) is 0 Å². The third-order valence-corrected chi connectivity index (χ3v) is 3.19. The minimum Gasteiger partial charge on any atom is -0.381 e. The van der Waals surface area contributed by atoms with Crippen molar-refractivity contribution in [3.8, 4) is 0 Å². The molecule has 1 saturated heterocycles. The molecular formula is C12H27ClN2O. The number of ether oxygens (including phenoxy) is 1. The highest BCUT2D eigenvalue weighted by Gasteiger charge is 2.20. The Kier molecular flexibility index (Phi) is 7.57. The molecule has 1 atom stereocenters. The zero-order valence-electron chi connectivity index (χ0n) is 10.9. The van der Waals surface area contributed by atoms with E-state index in [0.29, 0.717) is 0 Å². The topological polar surface area (TPSA) is 38.5 Å². The molecule has 1 aliphatic rings. The van der Waals surface area contributed by atoms with Gasteiger partial charge in [-0.15, -0.1) is 12.4 Å². The summed E-state index contributed by atoms with van der Waals surface area (Å²) in [5, 5.41) is 0. The van der Waals surface area contributed by atoms with Crippen molar-refractivity contribution < 1.29 is 4.74 Å². The molecular weight excluding hydrogens is 224 g/mol. The van der Waals surface area contributed by atoms with Gasteiger partial charge in [0.15, 0.2) is 0 Å². The first-order valence-corrected chi connectivity index (χ1v) is 6.00. The van der Waals surface area contributed by atoms with E-state index in [2.05, 4.69) is 25.8 Å². The van der Waals surface area contributed by atoms with Crippen molar-refractivity contribution in [1.29, 1.82) is 0 Å². The summed E-state index contributed by atoms with van der Waals surface area (Å²) in [4.78, 5) is 2.39. The van der Waals surface area contributed by atoms with Gasteiger partial charge in [-0.2, -0.15) is 0 Å². The molecule has 0 bridgehead atoms. The Balaban J connectivity index is 0.00000225. The van der Waals surface area contributed by atoms with Gasteiger partial charge >= 0.3 is 0 Å². The lowest BCUT2D eigenvalue weighted by molar-refractivity contribution is 0.173. The first-order chi connectivity index (χ1) is 7.03. The van der Waals surface area contributed by atoms with E-state index < -0.39 is 0 Å². The van der Waals surface area contributed by atoms with Gasteiger partial charge in [-0.05, 0) is 44.3 Å². The Hall–Kier alpha value is 0.170. The number of halogens is 1. The molecule has 98 valence electrons. The van der Waals surface area contributed by atoms with Gasteiger partial charge in [0, 0.05) is 19.8 Å². The molecule has 0 radical (unpaired) electrons. The monoisotopic (exact) mass is 250 g/mol. The van der Waals surface area contributed by atoms with Gasteiger partial charge in [-0.3, -0.25) is 0 Å². The number of hydrogen-bond acceptors (Lipinski definition) is 3. The molecule has 0 aliphatic carbocycles. The second-order valence-electron chi connectivity index (χ2n) is 5.62. The van der Waals surface area contributed by atoms with E-state index in [1.807, 2.05) is 0 Å². The Labute approximate surface area is 106 Å². The summed E-state index contributed by atoms with van der Waals surface area (Å²) in [5.74, 6) is 0.786. The Bertz CT molecular complexity index is 182. The van der Waals surface area contributed by atoms with Crippen molar-refractivity contribution in [1.82, 2.24) is 4.90 Å². The summed E-state index contributed by atoms with van der Waals surface area (Å²) in [5.41, 5.74) is 5.96. The number of nitrogens with zero attached hydrogens (tertiary/aromatic N) is 1. The van der Waals surface area contributed by atoms with Crippen LogP contribution in [-0.4, -0.2) is 44.8 Å². The summed E-state index contributed by atoms with van der Waals surface area (Å²) in [6, 6.07) is 0. The summed E-state index contributed by atoms with van der Waals surface area (Å²) in [6.45, 7) is 9.37. The molecule has 3 nitrogen and oxygen atoms in total. The molecule has 1 fully saturated rings. The van der Waals surface area contributed by atoms with Crippen molar-refractivity contribution in [2.24, 2.45) is 17.1 Å². The molecule has 0 aromatic heterocycles. The van der Waals surface area contributed by atoms with Gasteiger partial charge < -0.3 is 15.4 Å². The molecule has 0 aromatic carbocycles. The summed E-state index contributed by atoms with van der Waals surface area (Å²) >= 11 is 0. The second kappa shape index (κ2) is 7.49. The van der Waals surface area contributed by atoms with Crippen LogP contribution in [-0.2, 0) is 4.74 Å². The maximum absolute atomic E-state index is 5.73. The first kappa shape index (κ1) is 16.2. The Morgan fingerprint density at radius 2 is 2.12 bits per heavy atom. The number of nitrogens with two attached hydrogens (primary N) is 1. The predicted molar refractivity (Wildman–Crippen MR) is 71.1 cm³/mol. The molecule has 2 N–H and O–H groups in total. The zero-order valence-corrected chi connectivity index (χ0v) is 11.7. The summed E-state index contributed by atoms with van der Waals surface area (Å²) in [7, 11) is 2.19. The maximum Gasteiger partial charge on any atom is 0.0495 e. The van der Waals surface area contributed by atoms with Gasteiger partial charge in [0.05, 0.1) is 0 Å². The maximum atomic E-state index is 5.73. The van der Waals surface area contributed by atoms with Gasteiger partial charge in [-0.1, -0.05) is 13.8 Å². The van der Waals surface area contributed by atoms with Crippen molar-refractivity contribution >= 4 is 12.4 Å². The van der Waals surface area contributed by atoms with Crippen LogP contribution < -0.4 is 5.73 Å². The van der Waals surface area contributed by atoms with Crippen LogP contribution in [0.25, 0.3) is 0 Å². The van der Waals surface area contributed by atoms with Crippen LogP contribution >= 0.6 is 12.4 Å². The van der Waals surface area contributed by atoms with Crippen LogP contribution in [0, 0.1) is 11.3 Å². The first-order valence-electron chi connectivity index (χ1n) is 6.00. The van der Waals surface area contributed by atoms with Crippen LogP contribution in [0.2, 0.25) is 0 Å². The lowest BCUT2D eigenvalue weighted by Gasteiger charge is -2.29. The second-order valence-corrected chi connectivity index (χ2v) is 5.62. The average molecular weight is 251 g/mol. The minimum absolute atomic E-state index is 0. The third kappa shape index (κ3) is 6.04. The molecule has 0 saturated carbocycles. The Morgan fingerprint density at radius 1 is 1.44 bits per heavy atom. The van der Waals surface area contributed by atoms with Gasteiger partial charge in [0.25, 0.3) is 0 Å². The molecule has 0 amide bonds. The van der Waals surface area contributed by atoms with Crippen LogP contribution in [0.1, 0.15) is 26.7 Å². The average Bonchev–Trinajstić information content (AvgIpc) is 2.66. The van der Waals surface area contributed by atoms with Crippen LogP contribution in [0.15, 0.2) is 0 Å². The molecule has 1 unspecified atom stereocenters. The lowest BCUT2D eigenvalue weighted by Crippen LogP contribution is -2.37. The fourth-order valence-corrected chi connectivity index (χ4v) is 2.09. The predicted octanol–water partition coefficient (Wildman–Crippen LogP) is 1.75. The van der Waals surface area contributed by atoms with Crippen molar-refractivity contribution in [3.05, 3.63) is 0 Å². The fourth-order valence-electron chi connectivity index (χ4n) is 2.09. The molecule has 0 aromatic rings. The fraction of sp³-hybridized carbons (Fsp3) is 1.00. The minimum atomic E-state index is 0. The summed E-state index contributed by atoms with van der Waals surface area (Å²) in [6.07, 6.45) is 2.51. The van der Waals surface area contributed by atoms with E-state index in [1.165, 1.54) is 12.8 Å². The van der Waals surface area contributed by atoms with Crippen molar-refractivity contribution in [2.45, 2.75) is 26.7 Å². The standard InChI is InChI=1S/C12H26N2O.ClH/c1-12(2,9-13)10-14(3)6-4-11-5-7-15-8-11;/h11H,4-10,13H2,1-3H3;1H. The zero-order chi connectivity index (χ0) is 11.3. The van der Waals surface area contributed by atoms with Crippen LogP contribution in [0.4, 0.5) is 0 Å². The van der Waals surface area contributed by atoms with E-state index in [0.717, 1.165) is 38.8 Å². The molecule has 16 heavy (non-hydrogen) atoms.